The molecule has 0 bridgehead atoms. The van der Waals surface area contributed by atoms with Crippen molar-refractivity contribution in [2.24, 2.45) is 5.10 Å². The first-order valence-electron chi connectivity index (χ1n) is 4.46. The molecule has 0 radical (unpaired) electrons. The Morgan fingerprint density at radius 2 is 2.00 bits per heavy atom. The lowest BCUT2D eigenvalue weighted by Crippen LogP contribution is -2.39. The molecular weight excluding hydrogens is 150 g/mol. The molecule has 1 aliphatic heterocycles. The summed E-state index contributed by atoms with van der Waals surface area (Å²) in [7, 11) is 0. The Labute approximate surface area is 73.7 Å². The van der Waals surface area contributed by atoms with E-state index >= 15 is 0 Å². The minimum atomic E-state index is 0.485. The van der Waals surface area contributed by atoms with Gasteiger partial charge in [0.2, 0.25) is 0 Å². The van der Waals surface area contributed by atoms with Gasteiger partial charge in [-0.15, -0.1) is 0 Å². The van der Waals surface area contributed by atoms with Crippen LogP contribution in [0.2, 0.25) is 0 Å². The van der Waals surface area contributed by atoms with Gasteiger partial charge in [-0.2, -0.15) is 10.4 Å². The molecule has 0 saturated carbocycles. The van der Waals surface area contributed by atoms with Crippen LogP contribution in [-0.2, 0) is 0 Å². The second-order valence-corrected chi connectivity index (χ2v) is 3.38. The Hall–Kier alpha value is -1.04. The summed E-state index contributed by atoms with van der Waals surface area (Å²) in [6.45, 7) is 4.31. The van der Waals surface area contributed by atoms with E-state index in [1.54, 1.807) is 0 Å². The van der Waals surface area contributed by atoms with Crippen LogP contribution >= 0.6 is 0 Å². The number of hydrogen-bond acceptors (Lipinski definition) is 3. The first-order chi connectivity index (χ1) is 5.75. The number of nitrogens with zero attached hydrogens (tertiary/aromatic N) is 3. The van der Waals surface area contributed by atoms with Crippen LogP contribution in [0.15, 0.2) is 5.10 Å². The van der Waals surface area contributed by atoms with Crippen molar-refractivity contribution < 1.29 is 0 Å². The fraction of sp³-hybridized carbons (Fsp3) is 0.778. The highest BCUT2D eigenvalue weighted by Crippen LogP contribution is 2.21. The lowest BCUT2D eigenvalue weighted by Gasteiger charge is -2.36. The highest BCUT2D eigenvalue weighted by atomic mass is 15.5. The summed E-state index contributed by atoms with van der Waals surface area (Å²) in [5.41, 5.74) is 0. The van der Waals surface area contributed by atoms with Crippen LogP contribution < -0.4 is 0 Å². The summed E-state index contributed by atoms with van der Waals surface area (Å²) in [6.07, 6.45) is 4.97. The lowest BCUT2D eigenvalue weighted by atomic mass is 10.00. The zero-order chi connectivity index (χ0) is 8.97. The third kappa shape index (κ3) is 1.97. The SMILES string of the molecule is CC1CCCC(C)N1/N=C/C#N. The van der Waals surface area contributed by atoms with Crippen LogP contribution in [0.3, 0.4) is 0 Å². The average Bonchev–Trinajstić information content (AvgIpc) is 2.04. The Balaban J connectivity index is 2.58. The van der Waals surface area contributed by atoms with E-state index in [4.69, 9.17) is 5.26 Å². The average molecular weight is 165 g/mol. The second-order valence-electron chi connectivity index (χ2n) is 3.38. The highest BCUT2D eigenvalue weighted by Gasteiger charge is 2.22. The van der Waals surface area contributed by atoms with Crippen molar-refractivity contribution in [3.63, 3.8) is 0 Å². The van der Waals surface area contributed by atoms with Gasteiger partial charge in [0.25, 0.3) is 0 Å². The number of piperidine rings is 1. The van der Waals surface area contributed by atoms with Crippen molar-refractivity contribution in [3.05, 3.63) is 0 Å². The molecule has 0 aliphatic carbocycles. The molecule has 1 aliphatic rings. The van der Waals surface area contributed by atoms with Crippen LogP contribution in [-0.4, -0.2) is 23.3 Å². The molecule has 3 nitrogen and oxygen atoms in total. The Bertz CT molecular complexity index is 194. The predicted molar refractivity (Wildman–Crippen MR) is 48.7 cm³/mol. The molecule has 0 amide bonds. The summed E-state index contributed by atoms with van der Waals surface area (Å²) in [5, 5.41) is 14.5. The van der Waals surface area contributed by atoms with Crippen molar-refractivity contribution in [3.8, 4) is 6.07 Å². The van der Waals surface area contributed by atoms with Gasteiger partial charge in [-0.3, -0.25) is 5.01 Å². The Kier molecular flexibility index (Phi) is 3.09. The molecule has 1 saturated heterocycles. The molecular formula is C9H15N3. The van der Waals surface area contributed by atoms with E-state index in [0.717, 1.165) is 0 Å². The summed E-state index contributed by atoms with van der Waals surface area (Å²) in [5.74, 6) is 0. The van der Waals surface area contributed by atoms with Crippen LogP contribution in [0.5, 0.6) is 0 Å². The second kappa shape index (κ2) is 4.10. The molecule has 2 unspecified atom stereocenters. The zero-order valence-corrected chi connectivity index (χ0v) is 7.70. The van der Waals surface area contributed by atoms with Gasteiger partial charge in [0.05, 0.1) is 0 Å². The quantitative estimate of drug-likeness (QED) is 0.555. The molecule has 0 N–H and O–H groups in total. The fourth-order valence-electron chi connectivity index (χ4n) is 1.73. The molecule has 66 valence electrons. The molecule has 1 rings (SSSR count). The van der Waals surface area contributed by atoms with Gasteiger partial charge in [-0.1, -0.05) is 0 Å². The van der Waals surface area contributed by atoms with Crippen molar-refractivity contribution in [1.82, 2.24) is 5.01 Å². The normalized spacial score (nSPS) is 30.6. The Morgan fingerprint density at radius 1 is 1.42 bits per heavy atom. The molecule has 2 atom stereocenters. The van der Waals surface area contributed by atoms with E-state index in [-0.39, 0.29) is 0 Å². The van der Waals surface area contributed by atoms with E-state index in [2.05, 4.69) is 18.9 Å². The third-order valence-electron chi connectivity index (χ3n) is 2.40. The van der Waals surface area contributed by atoms with Crippen LogP contribution in [0, 0.1) is 11.3 Å². The maximum Gasteiger partial charge on any atom is 0.124 e. The largest absolute Gasteiger partial charge is 0.291 e. The number of nitriles is 1. The van der Waals surface area contributed by atoms with E-state index in [1.807, 2.05) is 11.1 Å². The molecule has 3 heteroatoms. The van der Waals surface area contributed by atoms with Gasteiger partial charge in [0, 0.05) is 12.1 Å². The molecule has 0 aromatic rings. The first kappa shape index (κ1) is 9.05. The van der Waals surface area contributed by atoms with E-state index in [1.165, 1.54) is 25.5 Å². The molecule has 0 spiro atoms. The Morgan fingerprint density at radius 3 is 2.50 bits per heavy atom. The molecule has 1 fully saturated rings. The molecule has 0 aromatic carbocycles. The number of rotatable bonds is 1. The maximum atomic E-state index is 8.34. The van der Waals surface area contributed by atoms with Crippen LogP contribution in [0.4, 0.5) is 0 Å². The van der Waals surface area contributed by atoms with Gasteiger partial charge < -0.3 is 0 Å². The van der Waals surface area contributed by atoms with E-state index in [0.29, 0.717) is 12.1 Å². The zero-order valence-electron chi connectivity index (χ0n) is 7.70. The van der Waals surface area contributed by atoms with Crippen LogP contribution in [0.1, 0.15) is 33.1 Å². The number of hydrazone groups is 1. The molecule has 0 aromatic heterocycles. The van der Waals surface area contributed by atoms with Crippen LogP contribution in [0.25, 0.3) is 0 Å². The predicted octanol–water partition coefficient (Wildman–Crippen LogP) is 1.76. The smallest absolute Gasteiger partial charge is 0.124 e. The van der Waals surface area contributed by atoms with Crippen molar-refractivity contribution in [2.45, 2.75) is 45.2 Å². The summed E-state index contributed by atoms with van der Waals surface area (Å²) >= 11 is 0. The molecule has 1 heterocycles. The van der Waals surface area contributed by atoms with Gasteiger partial charge in [-0.25, -0.2) is 0 Å². The standard InChI is InChI=1S/C9H15N3/c1-8-4-3-5-9(2)12(8)11-7-6-10/h7-9H,3-5H2,1-2H3/b11-7+. The van der Waals surface area contributed by atoms with Gasteiger partial charge >= 0.3 is 0 Å². The maximum absolute atomic E-state index is 8.34. The minimum Gasteiger partial charge on any atom is -0.291 e. The highest BCUT2D eigenvalue weighted by molar-refractivity contribution is 5.74. The van der Waals surface area contributed by atoms with Crippen molar-refractivity contribution in [2.75, 3.05) is 0 Å². The summed E-state index contributed by atoms with van der Waals surface area (Å²) < 4.78 is 0. The molecule has 12 heavy (non-hydrogen) atoms. The van der Waals surface area contributed by atoms with E-state index < -0.39 is 0 Å². The summed E-state index contributed by atoms with van der Waals surface area (Å²) in [6, 6.07) is 2.89. The fourth-order valence-corrected chi connectivity index (χ4v) is 1.73. The van der Waals surface area contributed by atoms with Crippen molar-refractivity contribution >= 4 is 6.21 Å². The van der Waals surface area contributed by atoms with E-state index in [9.17, 15) is 0 Å². The monoisotopic (exact) mass is 165 g/mol. The van der Waals surface area contributed by atoms with Gasteiger partial charge in [-0.05, 0) is 33.1 Å². The lowest BCUT2D eigenvalue weighted by molar-refractivity contribution is 0.109. The van der Waals surface area contributed by atoms with Gasteiger partial charge in [0.15, 0.2) is 0 Å². The first-order valence-corrected chi connectivity index (χ1v) is 4.46. The summed E-state index contributed by atoms with van der Waals surface area (Å²) in [4.78, 5) is 0. The topological polar surface area (TPSA) is 39.4 Å². The third-order valence-corrected chi connectivity index (χ3v) is 2.40. The number of hydrogen-bond donors (Lipinski definition) is 0. The van der Waals surface area contributed by atoms with Gasteiger partial charge in [0.1, 0.15) is 12.3 Å². The van der Waals surface area contributed by atoms with Crippen molar-refractivity contribution in [1.29, 1.82) is 5.26 Å². The minimum absolute atomic E-state index is 0.485.